The van der Waals surface area contributed by atoms with E-state index in [-0.39, 0.29) is 18.0 Å². The molecule has 1 aromatic carbocycles. The minimum atomic E-state index is -0.612. The molecule has 0 heterocycles. The first-order valence-electron chi connectivity index (χ1n) is 5.53. The van der Waals surface area contributed by atoms with E-state index >= 15 is 0 Å². The number of amides is 1. The van der Waals surface area contributed by atoms with Gasteiger partial charge < -0.3 is 9.84 Å². The Bertz CT molecular complexity index is 440. The van der Waals surface area contributed by atoms with Crippen molar-refractivity contribution in [2.45, 2.75) is 26.4 Å². The van der Waals surface area contributed by atoms with E-state index in [1.165, 1.54) is 23.1 Å². The maximum Gasteiger partial charge on any atom is 0.414 e. The van der Waals surface area contributed by atoms with Crippen LogP contribution in [0, 0.1) is 6.92 Å². The van der Waals surface area contributed by atoms with Crippen LogP contribution in [-0.2, 0) is 4.74 Å². The molecular weight excluding hydrogens is 254 g/mol. The number of rotatable bonds is 2. The highest BCUT2D eigenvalue weighted by molar-refractivity contribution is 6.31. The summed E-state index contributed by atoms with van der Waals surface area (Å²) in [6, 6.07) is 4.45. The molecular formula is C13H17ClNO3. The van der Waals surface area contributed by atoms with E-state index in [0.29, 0.717) is 5.02 Å². The Labute approximate surface area is 112 Å². The SMILES string of the molecule is [CH2]CN(C(=O)OC(C)(C)C)c1cc(Cl)ccc1O. The lowest BCUT2D eigenvalue weighted by molar-refractivity contribution is 0.0583. The number of nitrogens with zero attached hydrogens (tertiary/aromatic N) is 1. The van der Waals surface area contributed by atoms with Gasteiger partial charge in [0, 0.05) is 11.6 Å². The van der Waals surface area contributed by atoms with E-state index in [9.17, 15) is 9.90 Å². The maximum absolute atomic E-state index is 12.0. The Morgan fingerprint density at radius 1 is 1.50 bits per heavy atom. The first-order valence-corrected chi connectivity index (χ1v) is 5.90. The molecule has 0 aliphatic rings. The fraction of sp³-hybridized carbons (Fsp3) is 0.385. The number of carbonyl (C=O) groups is 1. The van der Waals surface area contributed by atoms with Gasteiger partial charge in [0.2, 0.25) is 0 Å². The van der Waals surface area contributed by atoms with Gasteiger partial charge >= 0.3 is 6.09 Å². The molecule has 0 saturated carbocycles. The summed E-state index contributed by atoms with van der Waals surface area (Å²) < 4.78 is 5.23. The zero-order valence-electron chi connectivity index (χ0n) is 10.7. The summed E-state index contributed by atoms with van der Waals surface area (Å²) in [5, 5.41) is 10.2. The van der Waals surface area contributed by atoms with Crippen molar-refractivity contribution in [2.75, 3.05) is 11.4 Å². The Hall–Kier alpha value is -1.42. The van der Waals surface area contributed by atoms with Crippen molar-refractivity contribution in [3.8, 4) is 5.75 Å². The van der Waals surface area contributed by atoms with Gasteiger partial charge in [0.05, 0.1) is 5.69 Å². The summed E-state index contributed by atoms with van der Waals surface area (Å²) >= 11 is 5.85. The first-order chi connectivity index (χ1) is 8.24. The van der Waals surface area contributed by atoms with Crippen LogP contribution in [0.2, 0.25) is 5.02 Å². The summed E-state index contributed by atoms with van der Waals surface area (Å²) in [7, 11) is 0. The third kappa shape index (κ3) is 3.81. The van der Waals surface area contributed by atoms with Gasteiger partial charge in [-0.3, -0.25) is 4.90 Å². The van der Waals surface area contributed by atoms with E-state index in [2.05, 4.69) is 6.92 Å². The lowest BCUT2D eigenvalue weighted by atomic mass is 10.2. The Morgan fingerprint density at radius 3 is 2.61 bits per heavy atom. The largest absolute Gasteiger partial charge is 0.506 e. The van der Waals surface area contributed by atoms with Crippen molar-refractivity contribution in [1.82, 2.24) is 0 Å². The summed E-state index contributed by atoms with van der Waals surface area (Å²) in [6.07, 6.45) is -0.574. The molecule has 0 saturated heterocycles. The molecule has 4 nitrogen and oxygen atoms in total. The molecule has 5 heteroatoms. The van der Waals surface area contributed by atoms with Gasteiger partial charge in [-0.2, -0.15) is 0 Å². The average Bonchev–Trinajstić information content (AvgIpc) is 2.21. The number of phenolic OH excluding ortho intramolecular Hbond substituents is 1. The minimum Gasteiger partial charge on any atom is -0.506 e. The van der Waals surface area contributed by atoms with Gasteiger partial charge in [-0.05, 0) is 45.9 Å². The molecule has 0 bridgehead atoms. The van der Waals surface area contributed by atoms with Crippen LogP contribution in [-0.4, -0.2) is 23.3 Å². The summed E-state index contributed by atoms with van der Waals surface area (Å²) in [4.78, 5) is 13.2. The van der Waals surface area contributed by atoms with E-state index in [1.807, 2.05) is 0 Å². The van der Waals surface area contributed by atoms with Crippen LogP contribution < -0.4 is 4.90 Å². The number of benzene rings is 1. The van der Waals surface area contributed by atoms with Gasteiger partial charge in [0.15, 0.2) is 0 Å². The first kappa shape index (κ1) is 14.6. The van der Waals surface area contributed by atoms with Gasteiger partial charge in [-0.1, -0.05) is 11.6 Å². The van der Waals surface area contributed by atoms with Crippen molar-refractivity contribution in [3.05, 3.63) is 30.1 Å². The van der Waals surface area contributed by atoms with Crippen molar-refractivity contribution in [1.29, 1.82) is 0 Å². The fourth-order valence-electron chi connectivity index (χ4n) is 1.34. The minimum absolute atomic E-state index is 0.0473. The molecule has 99 valence electrons. The highest BCUT2D eigenvalue weighted by Crippen LogP contribution is 2.31. The third-order valence-corrected chi connectivity index (χ3v) is 2.30. The standard InChI is InChI=1S/C13H17ClNO3/c1-5-15(12(17)18-13(2,3)4)10-8-9(14)6-7-11(10)16/h6-8,16H,1,5H2,2-4H3. The molecule has 1 amide bonds. The predicted molar refractivity (Wildman–Crippen MR) is 72.1 cm³/mol. The van der Waals surface area contributed by atoms with Crippen LogP contribution in [0.1, 0.15) is 20.8 Å². The van der Waals surface area contributed by atoms with Gasteiger partial charge in [0.25, 0.3) is 0 Å². The van der Waals surface area contributed by atoms with E-state index in [1.54, 1.807) is 20.8 Å². The molecule has 0 aliphatic heterocycles. The molecule has 0 fully saturated rings. The van der Waals surface area contributed by atoms with Gasteiger partial charge in [-0.15, -0.1) is 0 Å². The molecule has 1 radical (unpaired) electrons. The maximum atomic E-state index is 12.0. The number of hydrogen-bond acceptors (Lipinski definition) is 3. The molecule has 18 heavy (non-hydrogen) atoms. The second-order valence-electron chi connectivity index (χ2n) is 4.77. The lowest BCUT2D eigenvalue weighted by Crippen LogP contribution is -2.36. The zero-order valence-corrected chi connectivity index (χ0v) is 11.5. The summed E-state index contributed by atoms with van der Waals surface area (Å²) in [6.45, 7) is 9.09. The van der Waals surface area contributed by atoms with Gasteiger partial charge in [-0.25, -0.2) is 4.79 Å². The van der Waals surface area contributed by atoms with E-state index in [4.69, 9.17) is 16.3 Å². The number of hydrogen-bond donors (Lipinski definition) is 1. The lowest BCUT2D eigenvalue weighted by Gasteiger charge is -2.27. The van der Waals surface area contributed by atoms with Crippen LogP contribution in [0.4, 0.5) is 10.5 Å². The number of anilines is 1. The Balaban J connectivity index is 3.02. The van der Waals surface area contributed by atoms with E-state index < -0.39 is 11.7 Å². The van der Waals surface area contributed by atoms with Crippen molar-refractivity contribution in [3.63, 3.8) is 0 Å². The topological polar surface area (TPSA) is 49.8 Å². The van der Waals surface area contributed by atoms with Crippen molar-refractivity contribution < 1.29 is 14.6 Å². The third-order valence-electron chi connectivity index (χ3n) is 2.07. The highest BCUT2D eigenvalue weighted by atomic mass is 35.5. The zero-order chi connectivity index (χ0) is 13.9. The number of phenols is 1. The molecule has 1 aromatic rings. The number of ether oxygens (including phenoxy) is 1. The van der Waals surface area contributed by atoms with E-state index in [0.717, 1.165) is 0 Å². The van der Waals surface area contributed by atoms with Crippen LogP contribution in [0.5, 0.6) is 5.75 Å². The second-order valence-corrected chi connectivity index (χ2v) is 5.20. The monoisotopic (exact) mass is 270 g/mol. The molecule has 0 atom stereocenters. The number of carbonyl (C=O) groups excluding carboxylic acids is 1. The number of halogens is 1. The molecule has 1 N–H and O–H groups in total. The normalized spacial score (nSPS) is 11.2. The van der Waals surface area contributed by atoms with Gasteiger partial charge in [0.1, 0.15) is 11.4 Å². The van der Waals surface area contributed by atoms with Crippen molar-refractivity contribution in [2.24, 2.45) is 0 Å². The van der Waals surface area contributed by atoms with Crippen molar-refractivity contribution >= 4 is 23.4 Å². The fourth-order valence-corrected chi connectivity index (χ4v) is 1.51. The average molecular weight is 271 g/mol. The second kappa shape index (κ2) is 5.48. The van der Waals surface area contributed by atoms with Crippen LogP contribution in [0.25, 0.3) is 0 Å². The molecule has 0 spiro atoms. The predicted octanol–water partition coefficient (Wildman–Crippen LogP) is 3.62. The summed E-state index contributed by atoms with van der Waals surface area (Å²) in [5.74, 6) is -0.0473. The Kier molecular flexibility index (Phi) is 4.46. The quantitative estimate of drug-likeness (QED) is 0.893. The van der Waals surface area contributed by atoms with Crippen LogP contribution >= 0.6 is 11.6 Å². The number of aromatic hydroxyl groups is 1. The molecule has 0 unspecified atom stereocenters. The Morgan fingerprint density at radius 2 is 2.11 bits per heavy atom. The van der Waals surface area contributed by atoms with Crippen LogP contribution in [0.3, 0.4) is 0 Å². The molecule has 0 aromatic heterocycles. The summed E-state index contributed by atoms with van der Waals surface area (Å²) in [5.41, 5.74) is -0.328. The molecule has 1 rings (SSSR count). The molecule has 0 aliphatic carbocycles. The van der Waals surface area contributed by atoms with Crippen LogP contribution in [0.15, 0.2) is 18.2 Å². The smallest absolute Gasteiger partial charge is 0.414 e. The highest BCUT2D eigenvalue weighted by Gasteiger charge is 2.24.